The van der Waals surface area contributed by atoms with Crippen LogP contribution >= 0.6 is 0 Å². The number of hydrogen-bond acceptors (Lipinski definition) is 8. The van der Waals surface area contributed by atoms with E-state index in [4.69, 9.17) is 38.7 Å². The van der Waals surface area contributed by atoms with E-state index >= 15 is 0 Å². The topological polar surface area (TPSA) is 104 Å². The van der Waals surface area contributed by atoms with Gasteiger partial charge in [-0.2, -0.15) is 0 Å². The molecule has 4 aromatic heterocycles. The van der Waals surface area contributed by atoms with E-state index in [0.29, 0.717) is 34.9 Å². The van der Waals surface area contributed by atoms with Crippen molar-refractivity contribution in [2.75, 3.05) is 0 Å². The van der Waals surface area contributed by atoms with Gasteiger partial charge in [-0.3, -0.25) is 0 Å². The van der Waals surface area contributed by atoms with Crippen LogP contribution < -0.4 is 0 Å². The lowest BCUT2D eigenvalue weighted by Crippen LogP contribution is -2.28. The Balaban J connectivity index is 0.000000142. The fourth-order valence-corrected chi connectivity index (χ4v) is 20.2. The van der Waals surface area contributed by atoms with Gasteiger partial charge in [0, 0.05) is 65.8 Å². The largest absolute Gasteiger partial charge is 0.456 e. The van der Waals surface area contributed by atoms with Crippen molar-refractivity contribution in [1.29, 1.82) is 0 Å². The summed E-state index contributed by atoms with van der Waals surface area (Å²) in [7, 11) is 0. The first-order valence-corrected chi connectivity index (χ1v) is 42.9. The van der Waals surface area contributed by atoms with Crippen LogP contribution in [0.25, 0.3) is 201 Å². The lowest BCUT2D eigenvalue weighted by Gasteiger charge is -2.36. The van der Waals surface area contributed by atoms with E-state index in [-0.39, 0.29) is 10.8 Å². The lowest BCUT2D eigenvalue weighted by molar-refractivity contribution is 0.353. The van der Waals surface area contributed by atoms with Gasteiger partial charge in [0.25, 0.3) is 0 Å². The highest BCUT2D eigenvalue weighted by molar-refractivity contribution is 6.07. The Morgan fingerprint density at radius 3 is 0.836 bits per heavy atom. The van der Waals surface area contributed by atoms with Gasteiger partial charge >= 0.3 is 0 Å². The summed E-state index contributed by atoms with van der Waals surface area (Å²) >= 11 is 0. The number of nitrogens with zero attached hydrogens (tertiary/aromatic N) is 6. The van der Waals surface area contributed by atoms with Crippen LogP contribution in [0.5, 0.6) is 0 Å². The number of fused-ring (bicyclic) bond motifs is 16. The third-order valence-electron chi connectivity index (χ3n) is 26.3. The van der Waals surface area contributed by atoms with Gasteiger partial charge in [0.15, 0.2) is 34.9 Å². The van der Waals surface area contributed by atoms with Crippen molar-refractivity contribution < 1.29 is 8.83 Å². The van der Waals surface area contributed by atoms with Crippen LogP contribution in [0.4, 0.5) is 0 Å². The van der Waals surface area contributed by atoms with Gasteiger partial charge in [-0.05, 0) is 198 Å². The Morgan fingerprint density at radius 2 is 0.418 bits per heavy atom. The summed E-state index contributed by atoms with van der Waals surface area (Å²) in [4.78, 5) is 30.5. The molecule has 4 aliphatic rings. The molecular formula is C114H82N6O2. The van der Waals surface area contributed by atoms with Crippen molar-refractivity contribution in [2.24, 2.45) is 0 Å². The van der Waals surface area contributed by atoms with Crippen LogP contribution in [0.15, 0.2) is 385 Å². The van der Waals surface area contributed by atoms with Crippen LogP contribution in [0.2, 0.25) is 0 Å². The first kappa shape index (κ1) is 72.4. The molecule has 8 nitrogen and oxygen atoms in total. The summed E-state index contributed by atoms with van der Waals surface area (Å²) in [6.45, 7) is 0. The molecule has 0 radical (unpaired) electrons. The van der Waals surface area contributed by atoms with Gasteiger partial charge in [-0.1, -0.05) is 354 Å². The predicted octanol–water partition coefficient (Wildman–Crippen LogP) is 30.0. The zero-order chi connectivity index (χ0) is 80.7. The van der Waals surface area contributed by atoms with Crippen molar-refractivity contribution >= 4 is 43.9 Å². The van der Waals surface area contributed by atoms with E-state index in [1.807, 2.05) is 60.7 Å². The Labute approximate surface area is 708 Å². The molecule has 2 saturated carbocycles. The fourth-order valence-electron chi connectivity index (χ4n) is 20.2. The highest BCUT2D eigenvalue weighted by Gasteiger charge is 2.45. The Kier molecular flexibility index (Phi) is 17.9. The van der Waals surface area contributed by atoms with E-state index in [1.54, 1.807) is 0 Å². The number of rotatable bonds is 12. The minimum atomic E-state index is 0.132. The molecule has 2 spiro atoms. The first-order valence-electron chi connectivity index (χ1n) is 42.9. The van der Waals surface area contributed by atoms with E-state index in [2.05, 4.69) is 315 Å². The Bertz CT molecular complexity index is 7420. The quantitative estimate of drug-likeness (QED) is 0.119. The molecule has 4 heterocycles. The van der Waals surface area contributed by atoms with Gasteiger partial charge < -0.3 is 8.83 Å². The predicted molar refractivity (Wildman–Crippen MR) is 498 cm³/mol. The fraction of sp³-hybridized carbons (Fsp3) is 0.105. The highest BCUT2D eigenvalue weighted by atomic mass is 16.3. The van der Waals surface area contributed by atoms with Gasteiger partial charge in [-0.25, -0.2) is 29.9 Å². The summed E-state index contributed by atoms with van der Waals surface area (Å²) in [5.41, 5.74) is 35.1. The molecule has 0 saturated heterocycles. The van der Waals surface area contributed by atoms with E-state index < -0.39 is 0 Å². The molecule has 0 atom stereocenters. The summed E-state index contributed by atoms with van der Waals surface area (Å²) in [5.74, 6) is 3.66. The SMILES string of the molecule is c1ccc(-c2ccc(-c3nc(-c4ccc(-c5ccc(-c6ccc7c(c6)C6(CCCCC6)c6ccccc6-7)cc5)cc4)nc(-c4ccc5c(c4)oc4ccccc45)n3)cc2)cc1.c1ccc(-c2cccc(-c3nc(-c4ccc(-c5cccc(-c6ccc7c(c6)C6(CCCCC6)c6ccccc6-7)c5)cc4)nc(-c4ccc5c(c4)oc4ccccc45)n3)c2)cc1. The summed E-state index contributed by atoms with van der Waals surface area (Å²) in [6.07, 6.45) is 12.8. The molecule has 0 unspecified atom stereocenters. The molecule has 16 aromatic carbocycles. The van der Waals surface area contributed by atoms with Crippen LogP contribution in [-0.4, -0.2) is 29.9 Å². The second-order valence-corrected chi connectivity index (χ2v) is 33.3. The average Bonchev–Trinajstić information content (AvgIpc) is 1.56. The molecule has 20 aromatic rings. The van der Waals surface area contributed by atoms with Gasteiger partial charge in [0.1, 0.15) is 22.3 Å². The molecule has 0 amide bonds. The van der Waals surface area contributed by atoms with Crippen molar-refractivity contribution in [2.45, 2.75) is 75.0 Å². The zero-order valence-electron chi connectivity index (χ0n) is 67.4. The molecule has 8 heteroatoms. The number of benzene rings is 16. The molecule has 4 aliphatic carbocycles. The highest BCUT2D eigenvalue weighted by Crippen LogP contribution is 2.58. The molecule has 0 bridgehead atoms. The normalized spacial score (nSPS) is 14.0. The number of aromatic nitrogens is 6. The van der Waals surface area contributed by atoms with E-state index in [0.717, 1.165) is 105 Å². The maximum absolute atomic E-state index is 6.29. The molecule has 0 aliphatic heterocycles. The maximum atomic E-state index is 6.29. The second kappa shape index (κ2) is 30.2. The van der Waals surface area contributed by atoms with Crippen molar-refractivity contribution in [1.82, 2.24) is 29.9 Å². The zero-order valence-corrected chi connectivity index (χ0v) is 67.4. The minimum Gasteiger partial charge on any atom is -0.456 e. The van der Waals surface area contributed by atoms with Crippen molar-refractivity contribution in [3.63, 3.8) is 0 Å². The van der Waals surface area contributed by atoms with Crippen LogP contribution in [-0.2, 0) is 10.8 Å². The van der Waals surface area contributed by atoms with Crippen molar-refractivity contribution in [3.8, 4) is 157 Å². The lowest BCUT2D eigenvalue weighted by atomic mass is 9.67. The van der Waals surface area contributed by atoms with Gasteiger partial charge in [0.05, 0.1) is 0 Å². The molecule has 580 valence electrons. The first-order chi connectivity index (χ1) is 60.3. The standard InChI is InChI=1S/2C57H41N3O/c1-3-13-37(14-4-1)41-16-12-18-44(34-41)55-58-54(59-56(60-55)45-28-30-49-48-20-6-8-22-52(48)61-53(49)36-45)39-25-23-38(24-26-39)40-15-11-17-42(33-40)43-27-29-47-46-19-5-7-21-50(46)57(51(47)35-43)31-9-2-10-32-57;1-3-11-37(12-4-1)38-21-25-42(26-22-38)54-58-55(60-56(59-54)45-30-32-49-48-14-6-8-16-52(48)61-53(49)36-45)43-27-23-40(24-28-43)39-17-19-41(20-18-39)44-29-31-47-46-13-5-7-15-50(46)57(51(47)35-44)33-9-2-10-34-57/h1,3-8,11-30,33-36H,2,9-10,31-32H2;1,3-8,11-32,35-36H,2,9-10,33-34H2. The second-order valence-electron chi connectivity index (χ2n) is 33.3. The molecular weight excluding hydrogens is 1490 g/mol. The van der Waals surface area contributed by atoms with E-state index in [1.165, 1.54) is 148 Å². The molecule has 2 fully saturated rings. The van der Waals surface area contributed by atoms with Gasteiger partial charge in [0.2, 0.25) is 0 Å². The Morgan fingerprint density at radius 1 is 0.164 bits per heavy atom. The Hall–Kier alpha value is -14.9. The van der Waals surface area contributed by atoms with Crippen LogP contribution in [0.3, 0.4) is 0 Å². The smallest absolute Gasteiger partial charge is 0.164 e. The maximum Gasteiger partial charge on any atom is 0.164 e. The number of para-hydroxylation sites is 2. The molecule has 0 N–H and O–H groups in total. The molecule has 24 rings (SSSR count). The van der Waals surface area contributed by atoms with Crippen LogP contribution in [0.1, 0.15) is 86.5 Å². The monoisotopic (exact) mass is 1570 g/mol. The summed E-state index contributed by atoms with van der Waals surface area (Å²) in [5, 5.41) is 4.32. The summed E-state index contributed by atoms with van der Waals surface area (Å²) in [6, 6.07) is 134. The minimum absolute atomic E-state index is 0.132. The van der Waals surface area contributed by atoms with Gasteiger partial charge in [-0.15, -0.1) is 0 Å². The molecule has 122 heavy (non-hydrogen) atoms. The number of furan rings is 2. The van der Waals surface area contributed by atoms with E-state index in [9.17, 15) is 0 Å². The third kappa shape index (κ3) is 12.9. The third-order valence-corrected chi connectivity index (χ3v) is 26.3. The summed E-state index contributed by atoms with van der Waals surface area (Å²) < 4.78 is 12.6. The average molecular weight is 1570 g/mol. The van der Waals surface area contributed by atoms with Crippen LogP contribution in [0, 0.1) is 0 Å². The van der Waals surface area contributed by atoms with Crippen molar-refractivity contribution in [3.05, 3.63) is 398 Å². The number of hydrogen-bond donors (Lipinski definition) is 0.